The summed E-state index contributed by atoms with van der Waals surface area (Å²) in [5.41, 5.74) is -0.141. The van der Waals surface area contributed by atoms with Crippen LogP contribution in [-0.2, 0) is 4.79 Å². The topological polar surface area (TPSA) is 66.4 Å². The maximum Gasteiger partial charge on any atom is 0.303 e. The third-order valence-electron chi connectivity index (χ3n) is 3.78. The number of hydrogen-bond acceptors (Lipinski definition) is 2. The first kappa shape index (κ1) is 20.1. The van der Waals surface area contributed by atoms with Crippen molar-refractivity contribution in [2.45, 2.75) is 57.8 Å². The molecular weight excluding hydrogens is 316 g/mol. The van der Waals surface area contributed by atoms with Crippen molar-refractivity contribution in [3.05, 3.63) is 35.4 Å². The molecule has 0 saturated carbocycles. The molecular formula is C18H25F2NO3. The van der Waals surface area contributed by atoms with E-state index in [-0.39, 0.29) is 12.0 Å². The Hall–Kier alpha value is -1.98. The molecule has 0 spiro atoms. The molecule has 4 nitrogen and oxygen atoms in total. The Labute approximate surface area is 141 Å². The molecule has 0 fully saturated rings. The first-order valence-electron chi connectivity index (χ1n) is 8.45. The van der Waals surface area contributed by atoms with Gasteiger partial charge in [0.1, 0.15) is 11.6 Å². The fourth-order valence-corrected chi connectivity index (χ4v) is 2.43. The molecule has 1 rings (SSSR count). The quantitative estimate of drug-likeness (QED) is 0.557. The Kier molecular flexibility index (Phi) is 9.65. The normalized spacial score (nSPS) is 10.6. The van der Waals surface area contributed by atoms with Gasteiger partial charge in [-0.05, 0) is 25.0 Å². The van der Waals surface area contributed by atoms with Crippen LogP contribution < -0.4 is 5.32 Å². The number of aliphatic carboxylic acids is 1. The van der Waals surface area contributed by atoms with Crippen molar-refractivity contribution >= 4 is 11.9 Å². The van der Waals surface area contributed by atoms with Crippen LogP contribution in [0.1, 0.15) is 68.1 Å². The van der Waals surface area contributed by atoms with Crippen LogP contribution in [0.3, 0.4) is 0 Å². The zero-order valence-electron chi connectivity index (χ0n) is 13.8. The Morgan fingerprint density at radius 3 is 2.08 bits per heavy atom. The molecule has 6 heteroatoms. The highest BCUT2D eigenvalue weighted by Crippen LogP contribution is 2.11. The minimum Gasteiger partial charge on any atom is -0.481 e. The summed E-state index contributed by atoms with van der Waals surface area (Å²) in [6, 6.07) is 2.91. The van der Waals surface area contributed by atoms with Gasteiger partial charge in [-0.3, -0.25) is 9.59 Å². The SMILES string of the molecule is O=C(O)CCCCCCCCCCNC(=O)c1ccc(F)cc1F. The minimum atomic E-state index is -0.851. The van der Waals surface area contributed by atoms with Gasteiger partial charge in [0.15, 0.2) is 0 Å². The third-order valence-corrected chi connectivity index (χ3v) is 3.78. The van der Waals surface area contributed by atoms with E-state index in [2.05, 4.69) is 5.32 Å². The lowest BCUT2D eigenvalue weighted by Gasteiger charge is -2.06. The van der Waals surface area contributed by atoms with E-state index >= 15 is 0 Å². The molecule has 1 aromatic rings. The van der Waals surface area contributed by atoms with Gasteiger partial charge in [-0.2, -0.15) is 0 Å². The van der Waals surface area contributed by atoms with Gasteiger partial charge in [0.25, 0.3) is 5.91 Å². The summed E-state index contributed by atoms with van der Waals surface area (Å²) in [6.45, 7) is 0.467. The molecule has 0 saturated heterocycles. The van der Waals surface area contributed by atoms with Crippen LogP contribution in [0.2, 0.25) is 0 Å². The predicted molar refractivity (Wildman–Crippen MR) is 87.9 cm³/mol. The van der Waals surface area contributed by atoms with Crippen molar-refractivity contribution in [2.75, 3.05) is 6.54 Å². The van der Waals surface area contributed by atoms with Gasteiger partial charge in [0, 0.05) is 19.0 Å². The number of rotatable bonds is 12. The molecule has 0 atom stereocenters. The molecule has 134 valence electrons. The van der Waals surface area contributed by atoms with Crippen molar-refractivity contribution in [1.82, 2.24) is 5.32 Å². The van der Waals surface area contributed by atoms with Crippen molar-refractivity contribution in [3.63, 3.8) is 0 Å². The van der Waals surface area contributed by atoms with E-state index in [1.165, 1.54) is 0 Å². The number of nitrogens with one attached hydrogen (secondary N) is 1. The highest BCUT2D eigenvalue weighted by molar-refractivity contribution is 5.94. The van der Waals surface area contributed by atoms with Crippen molar-refractivity contribution in [3.8, 4) is 0 Å². The Morgan fingerprint density at radius 1 is 0.917 bits per heavy atom. The van der Waals surface area contributed by atoms with Crippen LogP contribution >= 0.6 is 0 Å². The highest BCUT2D eigenvalue weighted by Gasteiger charge is 2.11. The van der Waals surface area contributed by atoms with E-state index < -0.39 is 23.5 Å². The van der Waals surface area contributed by atoms with Crippen LogP contribution in [0.15, 0.2) is 18.2 Å². The van der Waals surface area contributed by atoms with Gasteiger partial charge in [0.2, 0.25) is 0 Å². The summed E-state index contributed by atoms with van der Waals surface area (Å²) < 4.78 is 26.2. The van der Waals surface area contributed by atoms with Gasteiger partial charge in [0.05, 0.1) is 5.56 Å². The number of amides is 1. The molecule has 0 aliphatic heterocycles. The smallest absolute Gasteiger partial charge is 0.303 e. The Balaban J connectivity index is 2.00. The van der Waals surface area contributed by atoms with E-state index in [9.17, 15) is 18.4 Å². The van der Waals surface area contributed by atoms with Crippen molar-refractivity contribution in [2.24, 2.45) is 0 Å². The molecule has 1 aromatic carbocycles. The number of hydrogen-bond donors (Lipinski definition) is 2. The number of carboxylic acids is 1. The van der Waals surface area contributed by atoms with Gasteiger partial charge in [-0.1, -0.05) is 38.5 Å². The molecule has 0 bridgehead atoms. The summed E-state index contributed by atoms with van der Waals surface area (Å²) in [5, 5.41) is 11.1. The summed E-state index contributed by atoms with van der Waals surface area (Å²) in [6.07, 6.45) is 8.00. The second-order valence-corrected chi connectivity index (χ2v) is 5.85. The summed E-state index contributed by atoms with van der Waals surface area (Å²) in [7, 11) is 0. The molecule has 0 heterocycles. The number of halogens is 2. The fourth-order valence-electron chi connectivity index (χ4n) is 2.43. The van der Waals surface area contributed by atoms with E-state index in [0.29, 0.717) is 12.6 Å². The first-order valence-corrected chi connectivity index (χ1v) is 8.45. The van der Waals surface area contributed by atoms with Gasteiger partial charge in [-0.25, -0.2) is 8.78 Å². The second-order valence-electron chi connectivity index (χ2n) is 5.85. The standard InChI is InChI=1S/C18H25F2NO3/c19-14-10-11-15(16(20)13-14)18(24)21-12-8-6-4-2-1-3-5-7-9-17(22)23/h10-11,13H,1-9,12H2,(H,21,24)(H,22,23). The number of carbonyl (C=O) groups excluding carboxylic acids is 1. The molecule has 0 unspecified atom stereocenters. The molecule has 24 heavy (non-hydrogen) atoms. The van der Waals surface area contributed by atoms with E-state index in [1.807, 2.05) is 0 Å². The average Bonchev–Trinajstić information content (AvgIpc) is 2.52. The van der Waals surface area contributed by atoms with Crippen LogP contribution in [-0.4, -0.2) is 23.5 Å². The molecule has 0 aromatic heterocycles. The van der Waals surface area contributed by atoms with E-state index in [1.54, 1.807) is 0 Å². The van der Waals surface area contributed by atoms with E-state index in [4.69, 9.17) is 5.11 Å². The van der Waals surface area contributed by atoms with Crippen LogP contribution in [0.4, 0.5) is 8.78 Å². The van der Waals surface area contributed by atoms with Gasteiger partial charge >= 0.3 is 5.97 Å². The third kappa shape index (κ3) is 8.60. The number of benzene rings is 1. The predicted octanol–water partition coefficient (Wildman–Crippen LogP) is 4.29. The zero-order valence-corrected chi connectivity index (χ0v) is 13.8. The number of carboxylic acid groups (broad SMARTS) is 1. The maximum absolute atomic E-state index is 13.4. The van der Waals surface area contributed by atoms with Crippen LogP contribution in [0.25, 0.3) is 0 Å². The largest absolute Gasteiger partial charge is 0.481 e. The fraction of sp³-hybridized carbons (Fsp3) is 0.556. The average molecular weight is 341 g/mol. The van der Waals surface area contributed by atoms with Crippen LogP contribution in [0, 0.1) is 11.6 Å². The number of carbonyl (C=O) groups is 2. The maximum atomic E-state index is 13.4. The zero-order chi connectivity index (χ0) is 17.8. The summed E-state index contributed by atoms with van der Waals surface area (Å²) >= 11 is 0. The minimum absolute atomic E-state index is 0.141. The van der Waals surface area contributed by atoms with Gasteiger partial charge in [-0.15, -0.1) is 0 Å². The van der Waals surface area contributed by atoms with Crippen LogP contribution in [0.5, 0.6) is 0 Å². The molecule has 0 aliphatic rings. The lowest BCUT2D eigenvalue weighted by Crippen LogP contribution is -2.25. The molecule has 2 N–H and O–H groups in total. The molecule has 1 amide bonds. The molecule has 0 aliphatic carbocycles. The summed E-state index contributed by atoms with van der Waals surface area (Å²) in [5.74, 6) is -2.81. The Morgan fingerprint density at radius 2 is 1.50 bits per heavy atom. The lowest BCUT2D eigenvalue weighted by atomic mass is 10.1. The highest BCUT2D eigenvalue weighted by atomic mass is 19.1. The second kappa shape index (κ2) is 11.5. The van der Waals surface area contributed by atoms with Gasteiger partial charge < -0.3 is 10.4 Å². The Bertz CT molecular complexity index is 535. The first-order chi connectivity index (χ1) is 11.5. The lowest BCUT2D eigenvalue weighted by molar-refractivity contribution is -0.137. The molecule has 0 radical (unpaired) electrons. The van der Waals surface area contributed by atoms with Crippen molar-refractivity contribution in [1.29, 1.82) is 0 Å². The van der Waals surface area contributed by atoms with Crippen molar-refractivity contribution < 1.29 is 23.5 Å². The monoisotopic (exact) mass is 341 g/mol. The summed E-state index contributed by atoms with van der Waals surface area (Å²) in [4.78, 5) is 22.1. The van der Waals surface area contributed by atoms with E-state index in [0.717, 1.165) is 63.5 Å². The number of unbranched alkanes of at least 4 members (excludes halogenated alkanes) is 7.